The van der Waals surface area contributed by atoms with Crippen molar-refractivity contribution in [2.45, 2.75) is 19.6 Å². The van der Waals surface area contributed by atoms with E-state index in [0.29, 0.717) is 5.39 Å². The van der Waals surface area contributed by atoms with Gasteiger partial charge in [0.2, 0.25) is 0 Å². The highest BCUT2D eigenvalue weighted by atomic mass is 28.3. The summed E-state index contributed by atoms with van der Waals surface area (Å²) in [6.45, 7) is 6.73. The molecule has 0 aliphatic rings. The number of aromatic nitrogens is 1. The predicted octanol–water partition coefficient (Wildman–Crippen LogP) is 2.92. The Hall–Kier alpha value is -1.22. The van der Waals surface area contributed by atoms with E-state index in [1.807, 2.05) is 6.07 Å². The van der Waals surface area contributed by atoms with Crippen LogP contribution in [0.15, 0.2) is 30.5 Å². The maximum atomic E-state index is 13.5. The molecule has 1 heterocycles. The van der Waals surface area contributed by atoms with Crippen LogP contribution in [0, 0.1) is 5.82 Å². The molecular formula is C12H14FNSi. The highest BCUT2D eigenvalue weighted by molar-refractivity contribution is 6.90. The molecule has 2 rings (SSSR count). The summed E-state index contributed by atoms with van der Waals surface area (Å²) in [7, 11) is -1.45. The number of nitrogens with zero attached hydrogens (tertiary/aromatic N) is 1. The summed E-state index contributed by atoms with van der Waals surface area (Å²) in [5.74, 6) is -0.180. The number of hydrogen-bond acceptors (Lipinski definition) is 1. The van der Waals surface area contributed by atoms with Crippen molar-refractivity contribution in [3.05, 3.63) is 36.3 Å². The molecule has 0 bridgehead atoms. The van der Waals surface area contributed by atoms with Crippen LogP contribution < -0.4 is 5.19 Å². The van der Waals surface area contributed by atoms with Crippen molar-refractivity contribution in [3.63, 3.8) is 0 Å². The summed E-state index contributed by atoms with van der Waals surface area (Å²) in [6.07, 6.45) is 1.73. The van der Waals surface area contributed by atoms with E-state index in [4.69, 9.17) is 0 Å². The summed E-state index contributed by atoms with van der Waals surface area (Å²) in [5, 5.41) is 1.86. The third-order valence-corrected chi connectivity index (χ3v) is 4.54. The first-order valence-corrected chi connectivity index (χ1v) is 8.54. The SMILES string of the molecule is C[Si](C)(C)c1ccc(F)c2cccnc12. The third kappa shape index (κ3) is 1.79. The van der Waals surface area contributed by atoms with E-state index in [1.165, 1.54) is 5.19 Å². The van der Waals surface area contributed by atoms with E-state index in [-0.39, 0.29) is 5.82 Å². The van der Waals surface area contributed by atoms with E-state index >= 15 is 0 Å². The number of halogens is 1. The topological polar surface area (TPSA) is 12.9 Å². The van der Waals surface area contributed by atoms with E-state index < -0.39 is 8.07 Å². The van der Waals surface area contributed by atoms with Gasteiger partial charge in [-0.15, -0.1) is 0 Å². The van der Waals surface area contributed by atoms with Gasteiger partial charge >= 0.3 is 0 Å². The Balaban J connectivity index is 2.84. The smallest absolute Gasteiger partial charge is 0.132 e. The van der Waals surface area contributed by atoms with Gasteiger partial charge in [0.05, 0.1) is 13.6 Å². The van der Waals surface area contributed by atoms with E-state index in [9.17, 15) is 4.39 Å². The molecule has 78 valence electrons. The number of pyridine rings is 1. The third-order valence-electron chi connectivity index (χ3n) is 2.52. The molecule has 0 N–H and O–H groups in total. The van der Waals surface area contributed by atoms with Crippen LogP contribution in [-0.2, 0) is 0 Å². The Morgan fingerprint density at radius 3 is 2.53 bits per heavy atom. The highest BCUT2D eigenvalue weighted by Gasteiger charge is 2.20. The van der Waals surface area contributed by atoms with Gasteiger partial charge in [0, 0.05) is 11.6 Å². The van der Waals surface area contributed by atoms with Gasteiger partial charge in [-0.05, 0) is 23.4 Å². The van der Waals surface area contributed by atoms with Crippen LogP contribution >= 0.6 is 0 Å². The second kappa shape index (κ2) is 3.42. The summed E-state index contributed by atoms with van der Waals surface area (Å²) < 4.78 is 13.5. The minimum absolute atomic E-state index is 0.180. The Kier molecular flexibility index (Phi) is 2.35. The molecule has 3 heteroatoms. The van der Waals surface area contributed by atoms with Crippen molar-refractivity contribution >= 4 is 24.2 Å². The van der Waals surface area contributed by atoms with Crippen molar-refractivity contribution in [1.29, 1.82) is 0 Å². The van der Waals surface area contributed by atoms with Gasteiger partial charge in [-0.3, -0.25) is 4.98 Å². The van der Waals surface area contributed by atoms with Crippen molar-refractivity contribution in [2.75, 3.05) is 0 Å². The Morgan fingerprint density at radius 1 is 1.13 bits per heavy atom. The Morgan fingerprint density at radius 2 is 1.87 bits per heavy atom. The first kappa shape index (κ1) is 10.3. The lowest BCUT2D eigenvalue weighted by atomic mass is 10.2. The molecule has 0 aliphatic heterocycles. The number of benzene rings is 1. The number of hydrogen-bond donors (Lipinski definition) is 0. The fraction of sp³-hybridized carbons (Fsp3) is 0.250. The summed E-state index contributed by atoms with van der Waals surface area (Å²) in [4.78, 5) is 4.30. The van der Waals surface area contributed by atoms with Gasteiger partial charge in [-0.1, -0.05) is 25.7 Å². The molecule has 15 heavy (non-hydrogen) atoms. The van der Waals surface area contributed by atoms with Crippen LogP contribution in [0.25, 0.3) is 10.9 Å². The zero-order chi connectivity index (χ0) is 11.1. The van der Waals surface area contributed by atoms with Gasteiger partial charge in [0.25, 0.3) is 0 Å². The molecule has 0 unspecified atom stereocenters. The molecule has 0 aliphatic carbocycles. The van der Waals surface area contributed by atoms with E-state index in [0.717, 1.165) is 5.52 Å². The van der Waals surface area contributed by atoms with E-state index in [1.54, 1.807) is 24.4 Å². The van der Waals surface area contributed by atoms with Gasteiger partial charge in [-0.2, -0.15) is 0 Å². The lowest BCUT2D eigenvalue weighted by Crippen LogP contribution is -2.38. The predicted molar refractivity (Wildman–Crippen MR) is 64.7 cm³/mol. The minimum Gasteiger partial charge on any atom is -0.256 e. The van der Waals surface area contributed by atoms with Crippen LogP contribution in [0.5, 0.6) is 0 Å². The monoisotopic (exact) mass is 219 g/mol. The standard InChI is InChI=1S/C12H14FNSi/c1-15(2,3)11-7-6-10(13)9-5-4-8-14-12(9)11/h4-8H,1-3H3. The van der Waals surface area contributed by atoms with Gasteiger partial charge in [-0.25, -0.2) is 4.39 Å². The molecule has 0 fully saturated rings. The Labute approximate surface area is 90.0 Å². The molecule has 0 radical (unpaired) electrons. The molecule has 1 aromatic heterocycles. The molecule has 0 spiro atoms. The van der Waals surface area contributed by atoms with E-state index in [2.05, 4.69) is 24.6 Å². The highest BCUT2D eigenvalue weighted by Crippen LogP contribution is 2.16. The first-order chi connectivity index (χ1) is 7.00. The number of fused-ring (bicyclic) bond motifs is 1. The van der Waals surface area contributed by atoms with Gasteiger partial charge < -0.3 is 0 Å². The van der Waals surface area contributed by atoms with Gasteiger partial charge in [0.1, 0.15) is 5.82 Å². The second-order valence-corrected chi connectivity index (χ2v) is 9.78. The normalized spacial score (nSPS) is 12.0. The molecule has 0 saturated carbocycles. The maximum absolute atomic E-state index is 13.5. The van der Waals surface area contributed by atoms with Gasteiger partial charge in [0.15, 0.2) is 0 Å². The van der Waals surface area contributed by atoms with Crippen molar-refractivity contribution in [3.8, 4) is 0 Å². The lowest BCUT2D eigenvalue weighted by Gasteiger charge is -2.18. The van der Waals surface area contributed by atoms with Crippen molar-refractivity contribution in [2.24, 2.45) is 0 Å². The fourth-order valence-electron chi connectivity index (χ4n) is 1.74. The minimum atomic E-state index is -1.45. The average molecular weight is 219 g/mol. The summed E-state index contributed by atoms with van der Waals surface area (Å²) in [5.41, 5.74) is 0.830. The first-order valence-electron chi connectivity index (χ1n) is 5.04. The summed E-state index contributed by atoms with van der Waals surface area (Å²) >= 11 is 0. The van der Waals surface area contributed by atoms with Crippen LogP contribution in [0.1, 0.15) is 0 Å². The molecule has 1 nitrogen and oxygen atoms in total. The Bertz CT molecular complexity index is 502. The lowest BCUT2D eigenvalue weighted by molar-refractivity contribution is 0.640. The zero-order valence-corrected chi connectivity index (χ0v) is 10.2. The molecule has 1 aromatic carbocycles. The molecule has 0 atom stereocenters. The molecule has 0 saturated heterocycles. The average Bonchev–Trinajstić information content (AvgIpc) is 2.17. The van der Waals surface area contributed by atoms with Crippen molar-refractivity contribution in [1.82, 2.24) is 4.98 Å². The quantitative estimate of drug-likeness (QED) is 0.672. The second-order valence-electron chi connectivity index (χ2n) is 4.74. The zero-order valence-electron chi connectivity index (χ0n) is 9.21. The number of rotatable bonds is 1. The maximum Gasteiger partial charge on any atom is 0.132 e. The summed E-state index contributed by atoms with van der Waals surface area (Å²) in [6, 6.07) is 7.01. The van der Waals surface area contributed by atoms with Crippen LogP contribution in [0.2, 0.25) is 19.6 Å². The van der Waals surface area contributed by atoms with Crippen molar-refractivity contribution < 1.29 is 4.39 Å². The van der Waals surface area contributed by atoms with Crippen LogP contribution in [-0.4, -0.2) is 13.1 Å². The molecule has 2 aromatic rings. The fourth-order valence-corrected chi connectivity index (χ4v) is 3.24. The van der Waals surface area contributed by atoms with Crippen LogP contribution in [0.3, 0.4) is 0 Å². The largest absolute Gasteiger partial charge is 0.256 e. The molecular weight excluding hydrogens is 205 g/mol. The van der Waals surface area contributed by atoms with Crippen LogP contribution in [0.4, 0.5) is 4.39 Å². The molecule has 0 amide bonds.